The van der Waals surface area contributed by atoms with Gasteiger partial charge in [-0.15, -0.1) is 0 Å². The molecule has 1 aliphatic rings. The highest BCUT2D eigenvalue weighted by Gasteiger charge is 2.27. The van der Waals surface area contributed by atoms with Gasteiger partial charge in [0.1, 0.15) is 5.75 Å². The van der Waals surface area contributed by atoms with Crippen LogP contribution in [0.15, 0.2) is 18.2 Å². The molecule has 0 aromatic heterocycles. The van der Waals surface area contributed by atoms with Gasteiger partial charge in [0.2, 0.25) is 0 Å². The van der Waals surface area contributed by atoms with Crippen LogP contribution in [-0.2, 0) is 0 Å². The Balaban J connectivity index is 2.06. The van der Waals surface area contributed by atoms with Crippen LogP contribution in [0.2, 0.25) is 0 Å². The molecule has 1 aromatic rings. The van der Waals surface area contributed by atoms with Crippen molar-refractivity contribution >= 4 is 11.4 Å². The van der Waals surface area contributed by atoms with E-state index >= 15 is 0 Å². The molecule has 2 rings (SSSR count). The van der Waals surface area contributed by atoms with E-state index < -0.39 is 4.92 Å². The fourth-order valence-electron chi connectivity index (χ4n) is 2.15. The molecule has 1 saturated carbocycles. The number of nitro groups is 1. The summed E-state index contributed by atoms with van der Waals surface area (Å²) in [5.41, 5.74) is 0.817. The molecule has 0 heterocycles. The van der Waals surface area contributed by atoms with Crippen LogP contribution in [0.5, 0.6) is 5.75 Å². The second-order valence-electron chi connectivity index (χ2n) is 5.10. The van der Waals surface area contributed by atoms with E-state index in [9.17, 15) is 10.1 Å². The van der Waals surface area contributed by atoms with Crippen LogP contribution < -0.4 is 10.1 Å². The van der Waals surface area contributed by atoms with E-state index in [-0.39, 0.29) is 5.69 Å². The normalized spacial score (nSPS) is 15.9. The van der Waals surface area contributed by atoms with E-state index in [2.05, 4.69) is 12.2 Å². The number of nitrogens with one attached hydrogen (secondary N) is 1. The number of nitrogens with zero attached hydrogens (tertiary/aromatic N) is 1. The molecule has 5 nitrogen and oxygen atoms in total. The molecule has 104 valence electrons. The average molecular weight is 264 g/mol. The van der Waals surface area contributed by atoms with E-state index in [1.807, 2.05) is 13.0 Å². The molecule has 5 heteroatoms. The molecule has 0 aliphatic heterocycles. The van der Waals surface area contributed by atoms with Crippen molar-refractivity contribution < 1.29 is 9.66 Å². The minimum atomic E-state index is -0.391. The van der Waals surface area contributed by atoms with Crippen molar-refractivity contribution in [2.75, 3.05) is 18.5 Å². The second kappa shape index (κ2) is 5.91. The fourth-order valence-corrected chi connectivity index (χ4v) is 2.15. The Bertz CT molecular complexity index is 458. The van der Waals surface area contributed by atoms with Gasteiger partial charge in [-0.05, 0) is 31.6 Å². The van der Waals surface area contributed by atoms with Gasteiger partial charge >= 0.3 is 0 Å². The quantitative estimate of drug-likeness (QED) is 0.605. The standard InChI is InChI=1S/C14H20N2O3/c1-3-19-14-7-12(6-13(8-14)16(17)18)15-9-10(2)11-4-5-11/h6-8,10-11,15H,3-5,9H2,1-2H3. The molecule has 1 aliphatic carbocycles. The lowest BCUT2D eigenvalue weighted by atomic mass is 10.1. The molecule has 0 spiro atoms. The Morgan fingerprint density at radius 3 is 2.79 bits per heavy atom. The predicted molar refractivity (Wildman–Crippen MR) is 74.6 cm³/mol. The molecule has 0 amide bonds. The van der Waals surface area contributed by atoms with Crippen LogP contribution in [0.3, 0.4) is 0 Å². The Morgan fingerprint density at radius 1 is 1.47 bits per heavy atom. The zero-order valence-electron chi connectivity index (χ0n) is 11.4. The summed E-state index contributed by atoms with van der Waals surface area (Å²) in [4.78, 5) is 10.5. The maximum atomic E-state index is 10.9. The van der Waals surface area contributed by atoms with E-state index in [1.54, 1.807) is 6.07 Å². The number of benzene rings is 1. The first kappa shape index (κ1) is 13.6. The second-order valence-corrected chi connectivity index (χ2v) is 5.10. The summed E-state index contributed by atoms with van der Waals surface area (Å²) < 4.78 is 5.36. The Labute approximate surface area is 113 Å². The number of non-ortho nitro benzene ring substituents is 1. The van der Waals surface area contributed by atoms with Crippen LogP contribution in [0.1, 0.15) is 26.7 Å². The summed E-state index contributed by atoms with van der Waals surface area (Å²) in [5, 5.41) is 14.2. The summed E-state index contributed by atoms with van der Waals surface area (Å²) in [7, 11) is 0. The SMILES string of the molecule is CCOc1cc(NCC(C)C2CC2)cc([N+](=O)[O-])c1. The lowest BCUT2D eigenvalue weighted by molar-refractivity contribution is -0.384. The third-order valence-electron chi connectivity index (χ3n) is 3.47. The van der Waals surface area contributed by atoms with Crippen LogP contribution in [-0.4, -0.2) is 18.1 Å². The molecular formula is C14H20N2O3. The fraction of sp³-hybridized carbons (Fsp3) is 0.571. The molecule has 0 bridgehead atoms. The summed E-state index contributed by atoms with van der Waals surface area (Å²) in [6.45, 7) is 5.42. The van der Waals surface area contributed by atoms with Crippen molar-refractivity contribution in [2.45, 2.75) is 26.7 Å². The summed E-state index contributed by atoms with van der Waals surface area (Å²) in [5.74, 6) is 1.96. The third kappa shape index (κ3) is 3.84. The molecule has 19 heavy (non-hydrogen) atoms. The number of rotatable bonds is 7. The van der Waals surface area contributed by atoms with Gasteiger partial charge in [-0.2, -0.15) is 0 Å². The molecular weight excluding hydrogens is 244 g/mol. The minimum absolute atomic E-state index is 0.0625. The predicted octanol–water partition coefficient (Wildman–Crippen LogP) is 3.45. The number of nitro benzene ring substituents is 1. The molecule has 0 saturated heterocycles. The van der Waals surface area contributed by atoms with Crippen molar-refractivity contribution in [1.29, 1.82) is 0 Å². The minimum Gasteiger partial charge on any atom is -0.494 e. The highest BCUT2D eigenvalue weighted by molar-refractivity contribution is 5.56. The zero-order chi connectivity index (χ0) is 13.8. The van der Waals surface area contributed by atoms with Gasteiger partial charge < -0.3 is 10.1 Å². The van der Waals surface area contributed by atoms with Gasteiger partial charge in [-0.3, -0.25) is 10.1 Å². The maximum Gasteiger partial charge on any atom is 0.275 e. The summed E-state index contributed by atoms with van der Waals surface area (Å²) in [6.07, 6.45) is 2.62. The van der Waals surface area contributed by atoms with Gasteiger partial charge in [-0.25, -0.2) is 0 Å². The van der Waals surface area contributed by atoms with Gasteiger partial charge in [0.15, 0.2) is 0 Å². The highest BCUT2D eigenvalue weighted by Crippen LogP contribution is 2.36. The first-order chi connectivity index (χ1) is 9.10. The number of anilines is 1. The van der Waals surface area contributed by atoms with E-state index in [4.69, 9.17) is 4.74 Å². The lowest BCUT2D eigenvalue weighted by Gasteiger charge is -2.13. The molecule has 1 aromatic carbocycles. The Kier molecular flexibility index (Phi) is 4.24. The summed E-state index contributed by atoms with van der Waals surface area (Å²) >= 11 is 0. The van der Waals surface area contributed by atoms with Crippen molar-refractivity contribution in [1.82, 2.24) is 0 Å². The highest BCUT2D eigenvalue weighted by atomic mass is 16.6. The van der Waals surface area contributed by atoms with Crippen molar-refractivity contribution in [3.63, 3.8) is 0 Å². The van der Waals surface area contributed by atoms with Gasteiger partial charge in [-0.1, -0.05) is 6.92 Å². The van der Waals surface area contributed by atoms with Crippen molar-refractivity contribution in [3.8, 4) is 5.75 Å². The Hall–Kier alpha value is -1.78. The first-order valence-electron chi connectivity index (χ1n) is 6.76. The van der Waals surface area contributed by atoms with Crippen molar-refractivity contribution in [2.24, 2.45) is 11.8 Å². The first-order valence-corrected chi connectivity index (χ1v) is 6.76. The van der Waals surface area contributed by atoms with Crippen molar-refractivity contribution in [3.05, 3.63) is 28.3 Å². The number of hydrogen-bond donors (Lipinski definition) is 1. The maximum absolute atomic E-state index is 10.9. The largest absolute Gasteiger partial charge is 0.494 e. The molecule has 1 unspecified atom stereocenters. The van der Waals surface area contributed by atoms with E-state index in [0.717, 1.165) is 18.2 Å². The topological polar surface area (TPSA) is 64.4 Å². The zero-order valence-corrected chi connectivity index (χ0v) is 11.4. The van der Waals surface area contributed by atoms with Crippen LogP contribution >= 0.6 is 0 Å². The molecule has 1 N–H and O–H groups in total. The van der Waals surface area contributed by atoms with Crippen LogP contribution in [0.4, 0.5) is 11.4 Å². The molecule has 0 radical (unpaired) electrons. The van der Waals surface area contributed by atoms with Gasteiger partial charge in [0, 0.05) is 24.4 Å². The van der Waals surface area contributed by atoms with Crippen LogP contribution in [0.25, 0.3) is 0 Å². The Morgan fingerprint density at radius 2 is 2.21 bits per heavy atom. The van der Waals surface area contributed by atoms with Crippen LogP contribution in [0, 0.1) is 22.0 Å². The smallest absolute Gasteiger partial charge is 0.275 e. The lowest BCUT2D eigenvalue weighted by Crippen LogP contribution is -2.13. The third-order valence-corrected chi connectivity index (χ3v) is 3.47. The summed E-state index contributed by atoms with van der Waals surface area (Å²) in [6, 6.07) is 4.83. The van der Waals surface area contributed by atoms with Gasteiger partial charge in [0.25, 0.3) is 5.69 Å². The van der Waals surface area contributed by atoms with Gasteiger partial charge in [0.05, 0.1) is 17.6 Å². The average Bonchev–Trinajstić information content (AvgIpc) is 3.20. The molecule has 1 atom stereocenters. The van der Waals surface area contributed by atoms with E-state index in [0.29, 0.717) is 18.3 Å². The number of ether oxygens (including phenoxy) is 1. The number of hydrogen-bond acceptors (Lipinski definition) is 4. The molecule has 1 fully saturated rings. The monoisotopic (exact) mass is 264 g/mol. The van der Waals surface area contributed by atoms with E-state index in [1.165, 1.54) is 18.9 Å².